The molecule has 0 aliphatic rings. The van der Waals surface area contributed by atoms with Gasteiger partial charge in [-0.05, 0) is 172 Å². The maximum absolute atomic E-state index is 2.44. The second kappa shape index (κ2) is 20.8. The lowest BCUT2D eigenvalue weighted by atomic mass is 9.86. The number of hydrogen-bond donors (Lipinski definition) is 0. The average Bonchev–Trinajstić information content (AvgIpc) is 3.46. The van der Waals surface area contributed by atoms with Crippen molar-refractivity contribution in [1.82, 2.24) is 4.57 Å². The van der Waals surface area contributed by atoms with Crippen LogP contribution in [0.4, 0.5) is 17.1 Å². The fraction of sp³-hybridized carbons (Fsp3) is 0. The summed E-state index contributed by atoms with van der Waals surface area (Å²) >= 11 is 0. The number of anilines is 3. The molecule has 384 valence electrons. The molecular weight excluding hydrogens is 989 g/mol. The Kier molecular flexibility index (Phi) is 12.2. The van der Waals surface area contributed by atoms with Crippen LogP contribution in [0.2, 0.25) is 0 Å². The largest absolute Gasteiger partial charge is 0.311 e. The Labute approximate surface area is 478 Å². The van der Waals surface area contributed by atoms with Crippen LogP contribution in [-0.2, 0) is 0 Å². The second-order valence-electron chi connectivity index (χ2n) is 21.1. The Hall–Kier alpha value is -10.8. The van der Waals surface area contributed by atoms with E-state index in [0.29, 0.717) is 0 Å². The van der Waals surface area contributed by atoms with Crippen molar-refractivity contribution < 1.29 is 0 Å². The predicted octanol–water partition coefficient (Wildman–Crippen LogP) is 22.2. The molecule has 0 radical (unpaired) electrons. The number of nitrogens with zero attached hydrogens (tertiary/aromatic N) is 2. The van der Waals surface area contributed by atoms with E-state index in [-0.39, 0.29) is 0 Å². The Bertz CT molecular complexity index is 4600. The molecule has 0 bridgehead atoms. The van der Waals surface area contributed by atoms with Crippen molar-refractivity contribution >= 4 is 60.4 Å². The molecule has 15 aromatic rings. The minimum atomic E-state index is 1.07. The molecule has 15 rings (SSSR count). The maximum Gasteiger partial charge on any atom is 0.0541 e. The Morgan fingerprint density at radius 2 is 0.488 bits per heavy atom. The van der Waals surface area contributed by atoms with Crippen molar-refractivity contribution in [2.45, 2.75) is 0 Å². The minimum Gasteiger partial charge on any atom is -0.311 e. The lowest BCUT2D eigenvalue weighted by Gasteiger charge is -2.26. The highest BCUT2D eigenvalue weighted by atomic mass is 15.1. The average molecular weight is 1040 g/mol. The van der Waals surface area contributed by atoms with Crippen molar-refractivity contribution in [2.24, 2.45) is 0 Å². The number of hydrogen-bond acceptors (Lipinski definition) is 1. The quantitative estimate of drug-likeness (QED) is 0.117. The summed E-state index contributed by atoms with van der Waals surface area (Å²) in [6.45, 7) is 0. The number of benzene rings is 14. The van der Waals surface area contributed by atoms with E-state index in [0.717, 1.165) is 39.3 Å². The summed E-state index contributed by atoms with van der Waals surface area (Å²) in [6, 6.07) is 119. The van der Waals surface area contributed by atoms with E-state index in [1.807, 2.05) is 0 Å². The summed E-state index contributed by atoms with van der Waals surface area (Å²) in [5, 5.41) is 7.45. The van der Waals surface area contributed by atoms with Crippen LogP contribution in [0.15, 0.2) is 328 Å². The molecule has 0 aliphatic heterocycles. The number of para-hydroxylation sites is 1. The summed E-state index contributed by atoms with van der Waals surface area (Å²) < 4.78 is 2.44. The molecule has 0 amide bonds. The lowest BCUT2D eigenvalue weighted by Crippen LogP contribution is -2.10. The number of rotatable bonds is 11. The standard InChI is InChI=1S/C80H54N2/c1-5-21-57(22-6-1)67-29-13-15-31-69(67)61-43-51-77-75(53-61)76-54-62(70-32-16-14-30-68(70)58-23-7-2-8-24-58)44-52-78(76)82(77)66-49-47-65(48-50-66)81(63-27-11-4-12-28-63)64-45-41-56(42-46-64)55-37-39-60(40-38-55)80-73-35-19-17-33-71(73)79(59-25-9-3-10-26-59)72-34-18-20-36-74(72)80/h1-54H. The predicted molar refractivity (Wildman–Crippen MR) is 349 cm³/mol. The molecule has 0 atom stereocenters. The SMILES string of the molecule is c1ccc(-c2ccccc2-c2ccc3c(c2)c2cc(-c4ccccc4-c4ccccc4)ccc2n3-c2ccc(N(c3ccccc3)c3ccc(-c4ccc(-c5c6ccccc6c(-c6ccccc6)c6ccccc56)cc4)cc3)cc2)cc1. The number of aromatic nitrogens is 1. The molecule has 14 aromatic carbocycles. The van der Waals surface area contributed by atoms with Gasteiger partial charge in [0.1, 0.15) is 0 Å². The van der Waals surface area contributed by atoms with Gasteiger partial charge in [-0.1, -0.05) is 255 Å². The fourth-order valence-electron chi connectivity index (χ4n) is 12.6. The third-order valence-electron chi connectivity index (χ3n) is 16.4. The molecule has 0 fully saturated rings. The topological polar surface area (TPSA) is 8.17 Å². The first kappa shape index (κ1) is 48.3. The summed E-state index contributed by atoms with van der Waals surface area (Å²) in [4.78, 5) is 2.35. The van der Waals surface area contributed by atoms with Crippen LogP contribution >= 0.6 is 0 Å². The van der Waals surface area contributed by atoms with Crippen LogP contribution in [0.1, 0.15) is 0 Å². The monoisotopic (exact) mass is 1040 g/mol. The van der Waals surface area contributed by atoms with Gasteiger partial charge in [-0.15, -0.1) is 0 Å². The van der Waals surface area contributed by atoms with E-state index in [9.17, 15) is 0 Å². The summed E-state index contributed by atoms with van der Waals surface area (Å²) in [6.07, 6.45) is 0. The van der Waals surface area contributed by atoms with Crippen molar-refractivity contribution in [2.75, 3.05) is 4.90 Å². The highest BCUT2D eigenvalue weighted by molar-refractivity contribution is 6.21. The van der Waals surface area contributed by atoms with Gasteiger partial charge in [0.25, 0.3) is 0 Å². The van der Waals surface area contributed by atoms with E-state index >= 15 is 0 Å². The summed E-state index contributed by atoms with van der Waals surface area (Å²) in [5.41, 5.74) is 23.6. The zero-order valence-electron chi connectivity index (χ0n) is 45.1. The van der Waals surface area contributed by atoms with Gasteiger partial charge in [-0.25, -0.2) is 0 Å². The zero-order valence-corrected chi connectivity index (χ0v) is 45.1. The highest BCUT2D eigenvalue weighted by Crippen LogP contribution is 2.46. The van der Waals surface area contributed by atoms with Gasteiger partial charge in [0.15, 0.2) is 0 Å². The first-order valence-corrected chi connectivity index (χ1v) is 28.2. The van der Waals surface area contributed by atoms with Gasteiger partial charge >= 0.3 is 0 Å². The van der Waals surface area contributed by atoms with E-state index < -0.39 is 0 Å². The van der Waals surface area contributed by atoms with Crippen LogP contribution in [-0.4, -0.2) is 4.57 Å². The van der Waals surface area contributed by atoms with E-state index in [2.05, 4.69) is 337 Å². The van der Waals surface area contributed by atoms with Crippen LogP contribution in [0.3, 0.4) is 0 Å². The van der Waals surface area contributed by atoms with Crippen LogP contribution < -0.4 is 4.90 Å². The molecule has 2 heteroatoms. The Balaban J connectivity index is 0.795. The molecule has 82 heavy (non-hydrogen) atoms. The molecule has 0 aliphatic carbocycles. The first-order chi connectivity index (χ1) is 40.7. The number of fused-ring (bicyclic) bond motifs is 5. The molecule has 2 nitrogen and oxygen atoms in total. The highest BCUT2D eigenvalue weighted by Gasteiger charge is 2.20. The van der Waals surface area contributed by atoms with E-state index in [1.54, 1.807) is 0 Å². The summed E-state index contributed by atoms with van der Waals surface area (Å²) in [7, 11) is 0. The molecule has 0 spiro atoms. The Morgan fingerprint density at radius 3 is 0.915 bits per heavy atom. The molecule has 0 saturated carbocycles. The van der Waals surface area contributed by atoms with Crippen molar-refractivity contribution in [3.63, 3.8) is 0 Å². The van der Waals surface area contributed by atoms with Crippen molar-refractivity contribution in [1.29, 1.82) is 0 Å². The van der Waals surface area contributed by atoms with Gasteiger partial charge in [-0.2, -0.15) is 0 Å². The van der Waals surface area contributed by atoms with Gasteiger partial charge < -0.3 is 9.47 Å². The molecule has 0 saturated heterocycles. The van der Waals surface area contributed by atoms with E-state index in [4.69, 9.17) is 0 Å². The fourth-order valence-corrected chi connectivity index (χ4v) is 12.6. The second-order valence-corrected chi connectivity index (χ2v) is 21.1. The van der Waals surface area contributed by atoms with E-state index in [1.165, 1.54) is 105 Å². The lowest BCUT2D eigenvalue weighted by molar-refractivity contribution is 1.17. The molecule has 1 aromatic heterocycles. The molecule has 0 unspecified atom stereocenters. The third kappa shape index (κ3) is 8.62. The van der Waals surface area contributed by atoms with Crippen molar-refractivity contribution in [3.8, 4) is 83.6 Å². The minimum absolute atomic E-state index is 1.07. The van der Waals surface area contributed by atoms with Gasteiger partial charge in [0.05, 0.1) is 11.0 Å². The van der Waals surface area contributed by atoms with Gasteiger partial charge in [0.2, 0.25) is 0 Å². The molecular formula is C80H54N2. The smallest absolute Gasteiger partial charge is 0.0541 e. The first-order valence-electron chi connectivity index (χ1n) is 28.2. The maximum atomic E-state index is 2.44. The van der Waals surface area contributed by atoms with Gasteiger partial charge in [0, 0.05) is 33.5 Å². The molecule has 1 heterocycles. The van der Waals surface area contributed by atoms with Crippen LogP contribution in [0.25, 0.3) is 127 Å². The van der Waals surface area contributed by atoms with Crippen LogP contribution in [0, 0.1) is 0 Å². The molecule has 0 N–H and O–H groups in total. The van der Waals surface area contributed by atoms with Crippen LogP contribution in [0.5, 0.6) is 0 Å². The third-order valence-corrected chi connectivity index (χ3v) is 16.4. The zero-order chi connectivity index (χ0) is 54.3. The summed E-state index contributed by atoms with van der Waals surface area (Å²) in [5.74, 6) is 0. The van der Waals surface area contributed by atoms with Crippen molar-refractivity contribution in [3.05, 3.63) is 328 Å². The normalized spacial score (nSPS) is 11.4. The van der Waals surface area contributed by atoms with Gasteiger partial charge in [-0.3, -0.25) is 0 Å². The Morgan fingerprint density at radius 1 is 0.195 bits per heavy atom.